The summed E-state index contributed by atoms with van der Waals surface area (Å²) >= 11 is 0. The average molecular weight is 482 g/mol. The molecule has 2 heterocycles. The van der Waals surface area contributed by atoms with Gasteiger partial charge < -0.3 is 10.2 Å². The summed E-state index contributed by atoms with van der Waals surface area (Å²) in [6.45, 7) is 1.60. The van der Waals surface area contributed by atoms with Gasteiger partial charge in [0, 0.05) is 37.6 Å². The number of alkyl halides is 3. The van der Waals surface area contributed by atoms with E-state index in [-0.39, 0.29) is 18.4 Å². The molecule has 0 radical (unpaired) electrons. The lowest BCUT2D eigenvalue weighted by molar-refractivity contribution is -0.138. The number of hydrogen-bond donors (Lipinski definition) is 1. The number of piperidine rings is 1. The van der Waals surface area contributed by atoms with Crippen molar-refractivity contribution in [1.29, 1.82) is 0 Å². The highest BCUT2D eigenvalue weighted by atomic mass is 32.2. The fourth-order valence-electron chi connectivity index (χ4n) is 4.52. The monoisotopic (exact) mass is 481 g/mol. The predicted molar refractivity (Wildman–Crippen MR) is 119 cm³/mol. The number of amides is 1. The number of nitrogens with zero attached hydrogens (tertiary/aromatic N) is 2. The molecular weight excluding hydrogens is 455 g/mol. The average Bonchev–Trinajstić information content (AvgIpc) is 2.78. The molecule has 0 aromatic heterocycles. The Kier molecular flexibility index (Phi) is 6.41. The van der Waals surface area contributed by atoms with Crippen molar-refractivity contribution in [2.24, 2.45) is 5.92 Å². The van der Waals surface area contributed by atoms with Crippen LogP contribution >= 0.6 is 0 Å². The van der Waals surface area contributed by atoms with E-state index in [4.69, 9.17) is 0 Å². The molecule has 33 heavy (non-hydrogen) atoms. The summed E-state index contributed by atoms with van der Waals surface area (Å²) in [6, 6.07) is 10.6. The molecule has 0 saturated carbocycles. The number of nitrogens with one attached hydrogen (secondary N) is 1. The van der Waals surface area contributed by atoms with Crippen LogP contribution in [-0.4, -0.2) is 49.4 Å². The van der Waals surface area contributed by atoms with Gasteiger partial charge in [-0.15, -0.1) is 0 Å². The van der Waals surface area contributed by atoms with E-state index in [1.165, 1.54) is 22.7 Å². The summed E-state index contributed by atoms with van der Waals surface area (Å²) in [5.41, 5.74) is 2.66. The minimum absolute atomic E-state index is 0.0323. The molecule has 0 bridgehead atoms. The normalized spacial score (nSPS) is 19.8. The van der Waals surface area contributed by atoms with E-state index in [0.717, 1.165) is 28.9 Å². The van der Waals surface area contributed by atoms with E-state index in [1.54, 1.807) is 4.90 Å². The molecule has 2 aliphatic rings. The van der Waals surface area contributed by atoms with Crippen molar-refractivity contribution in [3.05, 3.63) is 59.2 Å². The van der Waals surface area contributed by atoms with E-state index >= 15 is 0 Å². The number of hydrogen-bond acceptors (Lipinski definition) is 4. The number of fused-ring (bicyclic) bond motifs is 1. The number of benzene rings is 2. The highest BCUT2D eigenvalue weighted by Gasteiger charge is 2.34. The molecule has 0 spiro atoms. The maximum Gasteiger partial charge on any atom is 0.416 e. The second kappa shape index (κ2) is 8.98. The van der Waals surface area contributed by atoms with Crippen molar-refractivity contribution < 1.29 is 26.4 Å². The molecule has 1 N–H and O–H groups in total. The Labute approximate surface area is 191 Å². The molecule has 2 aliphatic heterocycles. The Morgan fingerprint density at radius 2 is 1.82 bits per heavy atom. The number of sulfonamides is 1. The van der Waals surface area contributed by atoms with Crippen molar-refractivity contribution >= 4 is 27.3 Å². The molecule has 178 valence electrons. The fraction of sp³-hybridized carbons (Fsp3) is 0.435. The van der Waals surface area contributed by atoms with E-state index in [1.807, 2.05) is 18.2 Å². The van der Waals surface area contributed by atoms with E-state index in [2.05, 4.69) is 5.32 Å². The zero-order chi connectivity index (χ0) is 23.8. The minimum Gasteiger partial charge on any atom is -0.355 e. The predicted octanol–water partition coefficient (Wildman–Crippen LogP) is 4.01. The van der Waals surface area contributed by atoms with Gasteiger partial charge in [0.1, 0.15) is 0 Å². The van der Waals surface area contributed by atoms with Gasteiger partial charge >= 0.3 is 6.18 Å². The highest BCUT2D eigenvalue weighted by Crippen LogP contribution is 2.33. The fourth-order valence-corrected chi connectivity index (χ4v) is 5.43. The first-order chi connectivity index (χ1) is 15.5. The van der Waals surface area contributed by atoms with Crippen LogP contribution in [0.25, 0.3) is 0 Å². The van der Waals surface area contributed by atoms with Crippen LogP contribution in [0.3, 0.4) is 0 Å². The topological polar surface area (TPSA) is 69.7 Å². The third kappa shape index (κ3) is 5.33. The molecule has 0 aliphatic carbocycles. The van der Waals surface area contributed by atoms with Crippen molar-refractivity contribution in [2.75, 3.05) is 31.2 Å². The zero-order valence-corrected chi connectivity index (χ0v) is 19.0. The van der Waals surface area contributed by atoms with Crippen LogP contribution in [0.1, 0.15) is 29.5 Å². The summed E-state index contributed by atoms with van der Waals surface area (Å²) in [5.74, 6) is -0.376. The summed E-state index contributed by atoms with van der Waals surface area (Å²) in [5, 5.41) is 3.20. The second-order valence-corrected chi connectivity index (χ2v) is 10.6. The maximum absolute atomic E-state index is 13.1. The molecule has 1 unspecified atom stereocenters. The van der Waals surface area contributed by atoms with Gasteiger partial charge in [-0.1, -0.05) is 12.1 Å². The molecular formula is C23H26F3N3O3S. The third-order valence-corrected chi connectivity index (χ3v) is 7.54. The Morgan fingerprint density at radius 3 is 2.48 bits per heavy atom. The Bertz CT molecular complexity index is 1130. The van der Waals surface area contributed by atoms with Crippen LogP contribution in [0.5, 0.6) is 0 Å². The van der Waals surface area contributed by atoms with Gasteiger partial charge in [0.05, 0.1) is 17.7 Å². The van der Waals surface area contributed by atoms with Gasteiger partial charge in [-0.25, -0.2) is 12.7 Å². The standard InChI is InChI=1S/C23H26F3N3O3S/c1-33(31,32)29-12-3-5-17(15-29)22(30)28-13-11-20-16(14-28)4-2-6-21(20)27-19-9-7-18(8-10-19)23(24,25)26/h2,4,6-10,17,27H,3,5,11-15H2,1H3. The molecule has 1 saturated heterocycles. The van der Waals surface area contributed by atoms with Gasteiger partial charge in [-0.05, 0) is 60.7 Å². The van der Waals surface area contributed by atoms with Gasteiger partial charge in [0.15, 0.2) is 0 Å². The van der Waals surface area contributed by atoms with Crippen LogP contribution in [-0.2, 0) is 34.0 Å². The molecule has 2 aromatic rings. The van der Waals surface area contributed by atoms with Crippen molar-refractivity contribution in [2.45, 2.75) is 32.0 Å². The van der Waals surface area contributed by atoms with Crippen molar-refractivity contribution in [1.82, 2.24) is 9.21 Å². The van der Waals surface area contributed by atoms with Crippen LogP contribution in [0.4, 0.5) is 24.5 Å². The molecule has 1 fully saturated rings. The molecule has 1 amide bonds. The summed E-state index contributed by atoms with van der Waals surface area (Å²) in [4.78, 5) is 14.9. The quantitative estimate of drug-likeness (QED) is 0.717. The highest BCUT2D eigenvalue weighted by molar-refractivity contribution is 7.88. The van der Waals surface area contributed by atoms with E-state index in [0.29, 0.717) is 44.6 Å². The Balaban J connectivity index is 1.46. The molecule has 10 heteroatoms. The minimum atomic E-state index is -4.38. The summed E-state index contributed by atoms with van der Waals surface area (Å²) in [6.07, 6.45) is -1.27. The molecule has 2 aromatic carbocycles. The lowest BCUT2D eigenvalue weighted by Crippen LogP contribution is -2.47. The zero-order valence-electron chi connectivity index (χ0n) is 18.2. The van der Waals surface area contributed by atoms with Crippen LogP contribution in [0.2, 0.25) is 0 Å². The van der Waals surface area contributed by atoms with Crippen molar-refractivity contribution in [3.8, 4) is 0 Å². The van der Waals surface area contributed by atoms with E-state index in [9.17, 15) is 26.4 Å². The molecule has 1 atom stereocenters. The second-order valence-electron chi connectivity index (χ2n) is 8.61. The summed E-state index contributed by atoms with van der Waals surface area (Å²) < 4.78 is 63.6. The first-order valence-corrected chi connectivity index (χ1v) is 12.7. The van der Waals surface area contributed by atoms with Crippen LogP contribution in [0.15, 0.2) is 42.5 Å². The lowest BCUT2D eigenvalue weighted by Gasteiger charge is -2.36. The number of anilines is 2. The Hall–Kier alpha value is -2.59. The SMILES string of the molecule is CS(=O)(=O)N1CCCC(C(=O)N2CCc3c(cccc3Nc3ccc(C(F)(F)F)cc3)C2)C1. The molecule has 6 nitrogen and oxygen atoms in total. The number of carbonyl (C=O) groups excluding carboxylic acids is 1. The number of carbonyl (C=O) groups is 1. The molecule has 4 rings (SSSR count). The third-order valence-electron chi connectivity index (χ3n) is 6.27. The van der Waals surface area contributed by atoms with Gasteiger partial charge in [-0.3, -0.25) is 4.79 Å². The van der Waals surface area contributed by atoms with Crippen molar-refractivity contribution in [3.63, 3.8) is 0 Å². The van der Waals surface area contributed by atoms with Gasteiger partial charge in [-0.2, -0.15) is 13.2 Å². The largest absolute Gasteiger partial charge is 0.416 e. The number of halogens is 3. The van der Waals surface area contributed by atoms with Gasteiger partial charge in [0.25, 0.3) is 0 Å². The van der Waals surface area contributed by atoms with Gasteiger partial charge in [0.2, 0.25) is 15.9 Å². The first kappa shape index (κ1) is 23.6. The first-order valence-electron chi connectivity index (χ1n) is 10.8. The van der Waals surface area contributed by atoms with E-state index < -0.39 is 21.8 Å². The lowest BCUT2D eigenvalue weighted by atomic mass is 9.94. The van der Waals surface area contributed by atoms with Crippen LogP contribution < -0.4 is 5.32 Å². The number of rotatable bonds is 4. The smallest absolute Gasteiger partial charge is 0.355 e. The summed E-state index contributed by atoms with van der Waals surface area (Å²) in [7, 11) is -3.33. The van der Waals surface area contributed by atoms with Crippen LogP contribution in [0, 0.1) is 5.92 Å². The maximum atomic E-state index is 13.1. The Morgan fingerprint density at radius 1 is 1.09 bits per heavy atom.